The first-order chi connectivity index (χ1) is 8.28. The molecule has 1 amide bonds. The minimum Gasteiger partial charge on any atom is -0.326 e. The van der Waals surface area contributed by atoms with Gasteiger partial charge in [0.1, 0.15) is 0 Å². The second-order valence-corrected chi connectivity index (χ2v) is 4.12. The van der Waals surface area contributed by atoms with Crippen LogP contribution in [0.3, 0.4) is 0 Å². The molecule has 1 N–H and O–H groups in total. The van der Waals surface area contributed by atoms with Crippen LogP contribution >= 0.6 is 11.3 Å². The van der Waals surface area contributed by atoms with E-state index in [-0.39, 0.29) is 12.3 Å². The monoisotopic (exact) mass is 243 g/mol. The highest BCUT2D eigenvalue weighted by atomic mass is 32.1. The van der Waals surface area contributed by atoms with Gasteiger partial charge in [-0.05, 0) is 18.2 Å². The number of anilines is 1. The summed E-state index contributed by atoms with van der Waals surface area (Å²) in [5.41, 5.74) is 3.60. The van der Waals surface area contributed by atoms with E-state index in [1.54, 1.807) is 29.8 Å². The van der Waals surface area contributed by atoms with Crippen LogP contribution in [0.4, 0.5) is 5.69 Å². The molecular formula is C12H9N3OS. The minimum absolute atomic E-state index is 0.133. The fourth-order valence-corrected chi connectivity index (χ4v) is 1.92. The van der Waals surface area contributed by atoms with Crippen molar-refractivity contribution in [1.29, 1.82) is 5.26 Å². The summed E-state index contributed by atoms with van der Waals surface area (Å²) < 4.78 is 0. The van der Waals surface area contributed by atoms with Gasteiger partial charge in [-0.25, -0.2) is 4.98 Å². The highest BCUT2D eigenvalue weighted by molar-refractivity contribution is 7.07. The van der Waals surface area contributed by atoms with Crippen LogP contribution in [-0.2, 0) is 11.2 Å². The molecule has 17 heavy (non-hydrogen) atoms. The number of carbonyl (C=O) groups is 1. The summed E-state index contributed by atoms with van der Waals surface area (Å²) in [6.07, 6.45) is 0.250. The number of hydrogen-bond donors (Lipinski definition) is 1. The Hall–Kier alpha value is -2.19. The number of benzene rings is 1. The number of aromatic nitrogens is 1. The summed E-state index contributed by atoms with van der Waals surface area (Å²) in [6.45, 7) is 0. The zero-order chi connectivity index (χ0) is 12.1. The van der Waals surface area contributed by atoms with Gasteiger partial charge in [-0.1, -0.05) is 6.07 Å². The maximum Gasteiger partial charge on any atom is 0.230 e. The van der Waals surface area contributed by atoms with Gasteiger partial charge in [0, 0.05) is 11.1 Å². The Morgan fingerprint density at radius 2 is 2.41 bits per heavy atom. The van der Waals surface area contributed by atoms with E-state index in [1.807, 2.05) is 11.4 Å². The molecular weight excluding hydrogens is 234 g/mol. The van der Waals surface area contributed by atoms with Crippen LogP contribution in [0.2, 0.25) is 0 Å². The summed E-state index contributed by atoms with van der Waals surface area (Å²) in [4.78, 5) is 15.7. The van der Waals surface area contributed by atoms with Crippen LogP contribution in [0.1, 0.15) is 11.3 Å². The number of nitriles is 1. The van der Waals surface area contributed by atoms with Gasteiger partial charge in [-0.3, -0.25) is 4.79 Å². The number of hydrogen-bond acceptors (Lipinski definition) is 4. The molecule has 0 radical (unpaired) electrons. The van der Waals surface area contributed by atoms with Crippen molar-refractivity contribution in [3.05, 3.63) is 46.4 Å². The summed E-state index contributed by atoms with van der Waals surface area (Å²) in [7, 11) is 0. The normalized spacial score (nSPS) is 9.59. The van der Waals surface area contributed by atoms with Gasteiger partial charge in [0.15, 0.2) is 0 Å². The van der Waals surface area contributed by atoms with Crippen LogP contribution in [0.5, 0.6) is 0 Å². The van der Waals surface area contributed by atoms with E-state index in [0.717, 1.165) is 5.69 Å². The molecule has 1 aromatic carbocycles. The molecule has 2 aromatic rings. The van der Waals surface area contributed by atoms with Crippen LogP contribution in [-0.4, -0.2) is 10.9 Å². The Balaban J connectivity index is 2.01. The largest absolute Gasteiger partial charge is 0.326 e. The first kappa shape index (κ1) is 11.3. The molecule has 2 rings (SSSR count). The minimum atomic E-state index is -0.133. The van der Waals surface area contributed by atoms with Crippen molar-refractivity contribution in [2.45, 2.75) is 6.42 Å². The Morgan fingerprint density at radius 1 is 1.53 bits per heavy atom. The smallest absolute Gasteiger partial charge is 0.230 e. The van der Waals surface area contributed by atoms with E-state index in [1.165, 1.54) is 11.3 Å². The summed E-state index contributed by atoms with van der Waals surface area (Å²) in [5, 5.41) is 13.3. The van der Waals surface area contributed by atoms with Gasteiger partial charge < -0.3 is 5.32 Å². The topological polar surface area (TPSA) is 65.8 Å². The zero-order valence-corrected chi connectivity index (χ0v) is 9.70. The highest BCUT2D eigenvalue weighted by Gasteiger charge is 2.05. The second-order valence-electron chi connectivity index (χ2n) is 3.40. The van der Waals surface area contributed by atoms with Crippen LogP contribution in [0.15, 0.2) is 35.2 Å². The number of carbonyl (C=O) groups excluding carboxylic acids is 1. The van der Waals surface area contributed by atoms with Crippen LogP contribution < -0.4 is 5.32 Å². The quantitative estimate of drug-likeness (QED) is 0.898. The molecule has 0 bridgehead atoms. The number of thiazole rings is 1. The molecule has 1 aromatic heterocycles. The maximum absolute atomic E-state index is 11.7. The molecule has 0 unspecified atom stereocenters. The summed E-state index contributed by atoms with van der Waals surface area (Å²) >= 11 is 1.46. The van der Waals surface area contributed by atoms with Gasteiger partial charge in [-0.2, -0.15) is 5.26 Å². The molecule has 0 fully saturated rings. The zero-order valence-electron chi connectivity index (χ0n) is 8.88. The van der Waals surface area contributed by atoms with E-state index in [9.17, 15) is 4.79 Å². The van der Waals surface area contributed by atoms with Crippen LogP contribution in [0.25, 0.3) is 0 Å². The first-order valence-corrected chi connectivity index (χ1v) is 5.89. The third kappa shape index (κ3) is 3.13. The predicted molar refractivity (Wildman–Crippen MR) is 65.6 cm³/mol. The van der Waals surface area contributed by atoms with E-state index >= 15 is 0 Å². The summed E-state index contributed by atoms with van der Waals surface area (Å²) in [5.74, 6) is -0.133. The highest BCUT2D eigenvalue weighted by Crippen LogP contribution is 2.10. The lowest BCUT2D eigenvalue weighted by atomic mass is 10.2. The third-order valence-electron chi connectivity index (χ3n) is 2.10. The van der Waals surface area contributed by atoms with Crippen molar-refractivity contribution >= 4 is 22.9 Å². The Labute approximate surface area is 103 Å². The van der Waals surface area contributed by atoms with Gasteiger partial charge >= 0.3 is 0 Å². The predicted octanol–water partition coefficient (Wildman–Crippen LogP) is 2.20. The van der Waals surface area contributed by atoms with Crippen LogP contribution in [0, 0.1) is 11.3 Å². The third-order valence-corrected chi connectivity index (χ3v) is 2.74. The molecule has 4 nitrogen and oxygen atoms in total. The SMILES string of the molecule is N#Cc1cccc(NC(=O)Cc2cscn2)c1. The van der Waals surface area contributed by atoms with Crippen molar-refractivity contribution in [3.63, 3.8) is 0 Å². The molecule has 84 valence electrons. The van der Waals surface area contributed by atoms with E-state index < -0.39 is 0 Å². The number of rotatable bonds is 3. The number of nitrogens with one attached hydrogen (secondary N) is 1. The molecule has 0 atom stereocenters. The van der Waals surface area contributed by atoms with Crippen molar-refractivity contribution < 1.29 is 4.79 Å². The maximum atomic E-state index is 11.7. The van der Waals surface area contributed by atoms with Gasteiger partial charge in [0.2, 0.25) is 5.91 Å². The first-order valence-electron chi connectivity index (χ1n) is 4.95. The molecule has 5 heteroatoms. The molecule has 0 aliphatic rings. The van der Waals surface area contributed by atoms with E-state index in [2.05, 4.69) is 10.3 Å². The van der Waals surface area contributed by atoms with E-state index in [4.69, 9.17) is 5.26 Å². The molecule has 1 heterocycles. The lowest BCUT2D eigenvalue weighted by Crippen LogP contribution is -2.14. The van der Waals surface area contributed by atoms with Gasteiger partial charge in [0.25, 0.3) is 0 Å². The van der Waals surface area contributed by atoms with Crippen molar-refractivity contribution in [3.8, 4) is 6.07 Å². The Morgan fingerprint density at radius 3 is 3.12 bits per heavy atom. The Bertz CT molecular complexity index is 557. The Kier molecular flexibility index (Phi) is 3.48. The van der Waals surface area contributed by atoms with Gasteiger partial charge in [0.05, 0.1) is 29.3 Å². The molecule has 0 aliphatic heterocycles. The number of nitrogens with zero attached hydrogens (tertiary/aromatic N) is 2. The lowest BCUT2D eigenvalue weighted by Gasteiger charge is -2.03. The average molecular weight is 243 g/mol. The van der Waals surface area contributed by atoms with Crippen molar-refractivity contribution in [1.82, 2.24) is 4.98 Å². The van der Waals surface area contributed by atoms with E-state index in [0.29, 0.717) is 11.3 Å². The fraction of sp³-hybridized carbons (Fsp3) is 0.0833. The molecule has 0 saturated carbocycles. The van der Waals surface area contributed by atoms with Crippen molar-refractivity contribution in [2.24, 2.45) is 0 Å². The molecule has 0 saturated heterocycles. The fourth-order valence-electron chi connectivity index (χ4n) is 1.36. The molecule has 0 spiro atoms. The van der Waals surface area contributed by atoms with Gasteiger partial charge in [-0.15, -0.1) is 11.3 Å². The summed E-state index contributed by atoms with van der Waals surface area (Å²) in [6, 6.07) is 8.84. The van der Waals surface area contributed by atoms with Crippen molar-refractivity contribution in [2.75, 3.05) is 5.32 Å². The standard InChI is InChI=1S/C12H9N3OS/c13-6-9-2-1-3-10(4-9)15-12(16)5-11-7-17-8-14-11/h1-4,7-8H,5H2,(H,15,16). The number of amides is 1. The molecule has 0 aliphatic carbocycles. The second kappa shape index (κ2) is 5.23. The average Bonchev–Trinajstić information content (AvgIpc) is 2.82. The lowest BCUT2D eigenvalue weighted by molar-refractivity contribution is -0.115.